The molecule has 0 radical (unpaired) electrons. The number of rotatable bonds is 4. The normalized spacial score (nSPS) is 17.6. The molecule has 0 spiro atoms. The van der Waals surface area contributed by atoms with Gasteiger partial charge in [-0.05, 0) is 26.0 Å². The molecule has 1 aliphatic carbocycles. The van der Waals surface area contributed by atoms with Crippen molar-refractivity contribution in [2.24, 2.45) is 0 Å². The van der Waals surface area contributed by atoms with Crippen molar-refractivity contribution in [3.8, 4) is 0 Å². The van der Waals surface area contributed by atoms with E-state index in [1.54, 1.807) is 0 Å². The van der Waals surface area contributed by atoms with Crippen LogP contribution in [0.25, 0.3) is 0 Å². The summed E-state index contributed by atoms with van der Waals surface area (Å²) in [6.45, 7) is 0.952. The zero-order chi connectivity index (χ0) is 11.2. The average Bonchev–Trinajstić information content (AvgIpc) is 2.38. The summed E-state index contributed by atoms with van der Waals surface area (Å²) in [4.78, 5) is 9.00. The molecule has 3 heteroatoms. The summed E-state index contributed by atoms with van der Waals surface area (Å²) in [5.74, 6) is 1.67. The van der Waals surface area contributed by atoms with Gasteiger partial charge in [0.05, 0.1) is 0 Å². The summed E-state index contributed by atoms with van der Waals surface area (Å²) in [6.07, 6.45) is 9.58. The molecule has 1 aromatic rings. The van der Waals surface area contributed by atoms with Gasteiger partial charge in [-0.15, -0.1) is 0 Å². The minimum atomic E-state index is 0.685. The van der Waals surface area contributed by atoms with Gasteiger partial charge >= 0.3 is 0 Å². The van der Waals surface area contributed by atoms with Crippen molar-refractivity contribution in [1.82, 2.24) is 15.3 Å². The predicted octanol–water partition coefficient (Wildman–Crippen LogP) is 2.29. The summed E-state index contributed by atoms with van der Waals surface area (Å²) < 4.78 is 0. The van der Waals surface area contributed by atoms with Crippen LogP contribution in [0.5, 0.6) is 0 Å². The largest absolute Gasteiger partial charge is 0.319 e. The Balaban J connectivity index is 2.02. The van der Waals surface area contributed by atoms with Crippen LogP contribution in [-0.2, 0) is 6.42 Å². The van der Waals surface area contributed by atoms with Crippen LogP contribution in [0, 0.1) is 0 Å². The highest BCUT2D eigenvalue weighted by Crippen LogP contribution is 2.31. The summed E-state index contributed by atoms with van der Waals surface area (Å²) in [5, 5.41) is 3.14. The van der Waals surface area contributed by atoms with Gasteiger partial charge in [-0.2, -0.15) is 0 Å². The molecule has 0 saturated heterocycles. The van der Waals surface area contributed by atoms with Gasteiger partial charge in [0.1, 0.15) is 5.82 Å². The second kappa shape index (κ2) is 5.94. The Hall–Kier alpha value is -0.960. The molecule has 16 heavy (non-hydrogen) atoms. The first kappa shape index (κ1) is 11.5. The van der Waals surface area contributed by atoms with Crippen molar-refractivity contribution < 1.29 is 0 Å². The molecule has 1 N–H and O–H groups in total. The smallest absolute Gasteiger partial charge is 0.129 e. The van der Waals surface area contributed by atoms with Gasteiger partial charge in [-0.25, -0.2) is 9.97 Å². The number of likely N-dealkylation sites (N-methyl/N-ethyl adjacent to an activating group) is 1. The van der Waals surface area contributed by atoms with Gasteiger partial charge in [0.25, 0.3) is 0 Å². The monoisotopic (exact) mass is 219 g/mol. The molecule has 0 aliphatic heterocycles. The quantitative estimate of drug-likeness (QED) is 0.844. The standard InChI is InChI=1S/C13H21N3/c1-14-9-8-13-15-10-7-12(16-13)11-5-3-2-4-6-11/h7,10-11,14H,2-6,8-9H2,1H3. The molecule has 0 unspecified atom stereocenters. The van der Waals surface area contributed by atoms with Crippen LogP contribution in [0.3, 0.4) is 0 Å². The third-order valence-corrected chi connectivity index (χ3v) is 3.35. The van der Waals surface area contributed by atoms with Crippen molar-refractivity contribution in [1.29, 1.82) is 0 Å². The van der Waals surface area contributed by atoms with E-state index in [-0.39, 0.29) is 0 Å². The Kier molecular flexibility index (Phi) is 4.28. The second-order valence-corrected chi connectivity index (χ2v) is 4.59. The minimum Gasteiger partial charge on any atom is -0.319 e. The first-order valence-electron chi connectivity index (χ1n) is 6.36. The SMILES string of the molecule is CNCCc1nccc(C2CCCCC2)n1. The van der Waals surface area contributed by atoms with Crippen LogP contribution in [0.1, 0.15) is 49.5 Å². The maximum absolute atomic E-state index is 4.68. The van der Waals surface area contributed by atoms with Crippen LogP contribution in [-0.4, -0.2) is 23.6 Å². The van der Waals surface area contributed by atoms with Crippen LogP contribution >= 0.6 is 0 Å². The highest BCUT2D eigenvalue weighted by molar-refractivity contribution is 5.09. The van der Waals surface area contributed by atoms with E-state index >= 15 is 0 Å². The molecular formula is C13H21N3. The maximum atomic E-state index is 4.68. The van der Waals surface area contributed by atoms with E-state index in [4.69, 9.17) is 0 Å². The molecule has 1 aromatic heterocycles. The third-order valence-electron chi connectivity index (χ3n) is 3.35. The molecule has 0 aromatic carbocycles. The van der Waals surface area contributed by atoms with Crippen LogP contribution in [0.2, 0.25) is 0 Å². The maximum Gasteiger partial charge on any atom is 0.129 e. The van der Waals surface area contributed by atoms with Crippen molar-refractivity contribution in [2.75, 3.05) is 13.6 Å². The lowest BCUT2D eigenvalue weighted by atomic mass is 9.87. The topological polar surface area (TPSA) is 37.8 Å². The van der Waals surface area contributed by atoms with E-state index < -0.39 is 0 Å². The number of hydrogen-bond donors (Lipinski definition) is 1. The number of aromatic nitrogens is 2. The van der Waals surface area contributed by atoms with Crippen molar-refractivity contribution in [2.45, 2.75) is 44.4 Å². The first-order chi connectivity index (χ1) is 7.90. The third kappa shape index (κ3) is 3.01. The fraction of sp³-hybridized carbons (Fsp3) is 0.692. The van der Waals surface area contributed by atoms with Gasteiger partial charge in [0.2, 0.25) is 0 Å². The minimum absolute atomic E-state index is 0.685. The molecular weight excluding hydrogens is 198 g/mol. The van der Waals surface area contributed by atoms with Gasteiger partial charge < -0.3 is 5.32 Å². The van der Waals surface area contributed by atoms with Crippen molar-refractivity contribution in [3.63, 3.8) is 0 Å². The van der Waals surface area contributed by atoms with E-state index in [9.17, 15) is 0 Å². The van der Waals surface area contributed by atoms with E-state index in [2.05, 4.69) is 21.4 Å². The first-order valence-corrected chi connectivity index (χ1v) is 6.36. The summed E-state index contributed by atoms with van der Waals surface area (Å²) in [7, 11) is 1.96. The Labute approximate surface area is 97.7 Å². The molecule has 3 nitrogen and oxygen atoms in total. The Morgan fingerprint density at radius 1 is 1.31 bits per heavy atom. The van der Waals surface area contributed by atoms with Gasteiger partial charge in [0, 0.05) is 30.8 Å². The number of nitrogens with one attached hydrogen (secondary N) is 1. The number of nitrogens with zero attached hydrogens (tertiary/aromatic N) is 2. The lowest BCUT2D eigenvalue weighted by molar-refractivity contribution is 0.435. The van der Waals surface area contributed by atoms with Gasteiger partial charge in [-0.1, -0.05) is 19.3 Å². The van der Waals surface area contributed by atoms with E-state index in [1.165, 1.54) is 37.8 Å². The molecule has 1 fully saturated rings. The van der Waals surface area contributed by atoms with E-state index in [1.807, 2.05) is 13.2 Å². The van der Waals surface area contributed by atoms with Gasteiger partial charge in [0.15, 0.2) is 0 Å². The Morgan fingerprint density at radius 2 is 2.12 bits per heavy atom. The lowest BCUT2D eigenvalue weighted by Gasteiger charge is -2.21. The fourth-order valence-electron chi connectivity index (χ4n) is 2.40. The zero-order valence-corrected chi connectivity index (χ0v) is 10.1. The molecule has 1 heterocycles. The number of hydrogen-bond acceptors (Lipinski definition) is 3. The van der Waals surface area contributed by atoms with Crippen LogP contribution in [0.15, 0.2) is 12.3 Å². The van der Waals surface area contributed by atoms with Crippen LogP contribution in [0.4, 0.5) is 0 Å². The summed E-state index contributed by atoms with van der Waals surface area (Å²) in [5.41, 5.74) is 1.26. The van der Waals surface area contributed by atoms with Crippen molar-refractivity contribution in [3.05, 3.63) is 23.8 Å². The van der Waals surface area contributed by atoms with Crippen molar-refractivity contribution >= 4 is 0 Å². The van der Waals surface area contributed by atoms with Crippen LogP contribution < -0.4 is 5.32 Å². The van der Waals surface area contributed by atoms with Gasteiger partial charge in [-0.3, -0.25) is 0 Å². The molecule has 88 valence electrons. The predicted molar refractivity (Wildman–Crippen MR) is 65.5 cm³/mol. The molecule has 0 atom stereocenters. The molecule has 1 aliphatic rings. The highest BCUT2D eigenvalue weighted by Gasteiger charge is 2.16. The second-order valence-electron chi connectivity index (χ2n) is 4.59. The molecule has 2 rings (SSSR count). The van der Waals surface area contributed by atoms with E-state index in [0.717, 1.165) is 18.8 Å². The zero-order valence-electron chi connectivity index (χ0n) is 10.1. The highest BCUT2D eigenvalue weighted by atomic mass is 14.9. The fourth-order valence-corrected chi connectivity index (χ4v) is 2.40. The average molecular weight is 219 g/mol. The molecule has 0 bridgehead atoms. The Bertz CT molecular complexity index is 319. The summed E-state index contributed by atoms with van der Waals surface area (Å²) in [6, 6.07) is 2.10. The van der Waals surface area contributed by atoms with E-state index in [0.29, 0.717) is 5.92 Å². The lowest BCUT2D eigenvalue weighted by Crippen LogP contribution is -2.14. The Morgan fingerprint density at radius 3 is 2.88 bits per heavy atom. The summed E-state index contributed by atoms with van der Waals surface area (Å²) >= 11 is 0. The molecule has 0 amide bonds. The molecule has 1 saturated carbocycles.